The number of rotatable bonds is 7. The van der Waals surface area contributed by atoms with Crippen LogP contribution in [0, 0.1) is 11.6 Å². The van der Waals surface area contributed by atoms with Crippen LogP contribution in [-0.4, -0.2) is 38.1 Å². The predicted octanol–water partition coefficient (Wildman–Crippen LogP) is 2.05. The van der Waals surface area contributed by atoms with Crippen molar-refractivity contribution in [1.29, 1.82) is 0 Å². The van der Waals surface area contributed by atoms with E-state index < -0.39 is 11.6 Å². The van der Waals surface area contributed by atoms with Crippen molar-refractivity contribution >= 4 is 0 Å². The van der Waals surface area contributed by atoms with Gasteiger partial charge in [0.05, 0.1) is 0 Å². The van der Waals surface area contributed by atoms with Crippen molar-refractivity contribution in [2.75, 3.05) is 33.2 Å². The molecule has 1 aromatic carbocycles. The maximum atomic E-state index is 12.9. The summed E-state index contributed by atoms with van der Waals surface area (Å²) in [6, 6.07) is 4.06. The summed E-state index contributed by atoms with van der Waals surface area (Å²) in [6.45, 7) is 5.83. The van der Waals surface area contributed by atoms with Crippen LogP contribution in [0.3, 0.4) is 0 Å². The smallest absolute Gasteiger partial charge is 0.159 e. The fourth-order valence-corrected chi connectivity index (χ4v) is 1.48. The largest absolute Gasteiger partial charge is 0.315 e. The van der Waals surface area contributed by atoms with E-state index in [1.54, 1.807) is 6.07 Å². The molecular weight excluding hydrogens is 222 g/mol. The molecular formula is C13H20F2N2. The zero-order valence-corrected chi connectivity index (χ0v) is 10.5. The van der Waals surface area contributed by atoms with Crippen LogP contribution in [0.15, 0.2) is 18.2 Å². The molecule has 0 saturated carbocycles. The Kier molecular flexibility index (Phi) is 6.08. The lowest BCUT2D eigenvalue weighted by molar-refractivity contribution is 0.349. The third-order valence-corrected chi connectivity index (χ3v) is 2.78. The van der Waals surface area contributed by atoms with E-state index in [0.29, 0.717) is 6.42 Å². The van der Waals surface area contributed by atoms with E-state index in [4.69, 9.17) is 0 Å². The Morgan fingerprint density at radius 2 is 1.94 bits per heavy atom. The summed E-state index contributed by atoms with van der Waals surface area (Å²) in [5, 5.41) is 3.28. The van der Waals surface area contributed by atoms with Crippen LogP contribution in [-0.2, 0) is 6.42 Å². The molecule has 0 saturated heterocycles. The second kappa shape index (κ2) is 7.35. The highest BCUT2D eigenvalue weighted by molar-refractivity contribution is 5.17. The molecule has 4 heteroatoms. The van der Waals surface area contributed by atoms with Crippen molar-refractivity contribution in [3.8, 4) is 0 Å². The summed E-state index contributed by atoms with van der Waals surface area (Å²) in [5.74, 6) is -1.56. The zero-order valence-electron chi connectivity index (χ0n) is 10.5. The van der Waals surface area contributed by atoms with Gasteiger partial charge in [-0.3, -0.25) is 0 Å². The molecule has 0 unspecified atom stereocenters. The Labute approximate surface area is 102 Å². The van der Waals surface area contributed by atoms with Gasteiger partial charge >= 0.3 is 0 Å². The minimum absolute atomic E-state index is 0.715. The highest BCUT2D eigenvalue weighted by Gasteiger charge is 2.02. The molecule has 0 heterocycles. The van der Waals surface area contributed by atoms with Crippen LogP contribution in [0.5, 0.6) is 0 Å². The molecule has 0 aliphatic rings. The number of benzene rings is 1. The number of hydrogen-bond acceptors (Lipinski definition) is 2. The van der Waals surface area contributed by atoms with Crippen molar-refractivity contribution < 1.29 is 8.78 Å². The van der Waals surface area contributed by atoms with Gasteiger partial charge in [0.15, 0.2) is 11.6 Å². The van der Waals surface area contributed by atoms with Gasteiger partial charge in [0, 0.05) is 13.1 Å². The molecule has 1 N–H and O–H groups in total. The molecule has 0 fully saturated rings. The Morgan fingerprint density at radius 3 is 2.59 bits per heavy atom. The highest BCUT2D eigenvalue weighted by Crippen LogP contribution is 2.08. The summed E-state index contributed by atoms with van der Waals surface area (Å²) in [5.41, 5.74) is 0.820. The maximum absolute atomic E-state index is 12.9. The molecule has 0 aromatic heterocycles. The molecule has 0 radical (unpaired) electrons. The molecule has 0 bridgehead atoms. The van der Waals surface area contributed by atoms with Crippen LogP contribution < -0.4 is 5.32 Å². The van der Waals surface area contributed by atoms with E-state index in [9.17, 15) is 8.78 Å². The van der Waals surface area contributed by atoms with Gasteiger partial charge in [-0.15, -0.1) is 0 Å². The number of nitrogens with zero attached hydrogens (tertiary/aromatic N) is 1. The Morgan fingerprint density at radius 1 is 1.18 bits per heavy atom. The standard InChI is InChI=1S/C13H20F2N2/c1-3-17(2)9-8-16-7-6-11-4-5-12(14)13(15)10-11/h4-5,10,16H,3,6-9H2,1-2H3. The molecule has 2 nitrogen and oxygen atoms in total. The first kappa shape index (κ1) is 14.1. The maximum Gasteiger partial charge on any atom is 0.159 e. The van der Waals surface area contributed by atoms with E-state index in [2.05, 4.69) is 24.2 Å². The second-order valence-electron chi connectivity index (χ2n) is 4.14. The van der Waals surface area contributed by atoms with Gasteiger partial charge in [-0.1, -0.05) is 13.0 Å². The second-order valence-corrected chi connectivity index (χ2v) is 4.14. The van der Waals surface area contributed by atoms with Crippen molar-refractivity contribution in [1.82, 2.24) is 10.2 Å². The molecule has 1 rings (SSSR count). The van der Waals surface area contributed by atoms with Crippen molar-refractivity contribution in [3.63, 3.8) is 0 Å². The first-order valence-electron chi connectivity index (χ1n) is 5.96. The average Bonchev–Trinajstić information content (AvgIpc) is 2.33. The lowest BCUT2D eigenvalue weighted by Gasteiger charge is -2.13. The summed E-state index contributed by atoms with van der Waals surface area (Å²) < 4.78 is 25.6. The van der Waals surface area contributed by atoms with Gasteiger partial charge in [0.1, 0.15) is 0 Å². The molecule has 17 heavy (non-hydrogen) atoms. The van der Waals surface area contributed by atoms with Crippen molar-refractivity contribution in [2.24, 2.45) is 0 Å². The first-order chi connectivity index (χ1) is 8.13. The quantitative estimate of drug-likeness (QED) is 0.736. The fraction of sp³-hybridized carbons (Fsp3) is 0.538. The minimum Gasteiger partial charge on any atom is -0.315 e. The Hall–Kier alpha value is -1.00. The summed E-state index contributed by atoms with van der Waals surface area (Å²) in [4.78, 5) is 2.21. The normalized spacial score (nSPS) is 11.1. The average molecular weight is 242 g/mol. The lowest BCUT2D eigenvalue weighted by Crippen LogP contribution is -2.30. The summed E-state index contributed by atoms with van der Waals surface area (Å²) in [7, 11) is 2.07. The number of nitrogens with one attached hydrogen (secondary N) is 1. The van der Waals surface area contributed by atoms with Crippen LogP contribution in [0.25, 0.3) is 0 Å². The van der Waals surface area contributed by atoms with Crippen molar-refractivity contribution in [2.45, 2.75) is 13.3 Å². The molecule has 96 valence electrons. The van der Waals surface area contributed by atoms with E-state index in [1.807, 2.05) is 0 Å². The predicted molar refractivity (Wildman–Crippen MR) is 66.1 cm³/mol. The van der Waals surface area contributed by atoms with Gasteiger partial charge in [0.2, 0.25) is 0 Å². The van der Waals surface area contributed by atoms with Gasteiger partial charge < -0.3 is 10.2 Å². The van der Waals surface area contributed by atoms with Crippen LogP contribution in [0.1, 0.15) is 12.5 Å². The topological polar surface area (TPSA) is 15.3 Å². The minimum atomic E-state index is -0.786. The lowest BCUT2D eigenvalue weighted by atomic mass is 10.1. The van der Waals surface area contributed by atoms with Gasteiger partial charge in [-0.25, -0.2) is 8.78 Å². The SMILES string of the molecule is CCN(C)CCNCCc1ccc(F)c(F)c1. The molecule has 0 amide bonds. The van der Waals surface area contributed by atoms with Gasteiger partial charge in [0.25, 0.3) is 0 Å². The number of likely N-dealkylation sites (N-methyl/N-ethyl adjacent to an activating group) is 1. The molecule has 0 aliphatic heterocycles. The zero-order chi connectivity index (χ0) is 12.7. The van der Waals surface area contributed by atoms with E-state index in [1.165, 1.54) is 12.1 Å². The molecule has 0 aliphatic carbocycles. The number of hydrogen-bond donors (Lipinski definition) is 1. The number of halogens is 2. The van der Waals surface area contributed by atoms with Gasteiger partial charge in [-0.05, 0) is 44.3 Å². The third-order valence-electron chi connectivity index (χ3n) is 2.78. The van der Waals surface area contributed by atoms with Crippen LogP contribution in [0.2, 0.25) is 0 Å². The molecule has 1 aromatic rings. The van der Waals surface area contributed by atoms with Crippen LogP contribution >= 0.6 is 0 Å². The summed E-state index contributed by atoms with van der Waals surface area (Å²) in [6.07, 6.45) is 0.715. The van der Waals surface area contributed by atoms with E-state index >= 15 is 0 Å². The fourth-order valence-electron chi connectivity index (χ4n) is 1.48. The van der Waals surface area contributed by atoms with Crippen LogP contribution in [0.4, 0.5) is 8.78 Å². The Balaban J connectivity index is 2.20. The highest BCUT2D eigenvalue weighted by atomic mass is 19.2. The molecule has 0 spiro atoms. The van der Waals surface area contributed by atoms with E-state index in [0.717, 1.165) is 31.7 Å². The summed E-state index contributed by atoms with van der Waals surface area (Å²) >= 11 is 0. The van der Waals surface area contributed by atoms with E-state index in [-0.39, 0.29) is 0 Å². The third kappa shape index (κ3) is 5.24. The molecule has 0 atom stereocenters. The Bertz CT molecular complexity index is 342. The van der Waals surface area contributed by atoms with Crippen molar-refractivity contribution in [3.05, 3.63) is 35.4 Å². The monoisotopic (exact) mass is 242 g/mol. The van der Waals surface area contributed by atoms with Gasteiger partial charge in [-0.2, -0.15) is 0 Å². The first-order valence-corrected chi connectivity index (χ1v) is 5.96.